The summed E-state index contributed by atoms with van der Waals surface area (Å²) in [6.07, 6.45) is 8.05. The van der Waals surface area contributed by atoms with Crippen LogP contribution in [0, 0.1) is 0 Å². The molecule has 1 rings (SSSR count). The van der Waals surface area contributed by atoms with Crippen molar-refractivity contribution in [3.05, 3.63) is 12.2 Å². The summed E-state index contributed by atoms with van der Waals surface area (Å²) < 4.78 is 0. The van der Waals surface area contributed by atoms with Crippen molar-refractivity contribution in [2.45, 2.75) is 45.3 Å². The fourth-order valence-corrected chi connectivity index (χ4v) is 1.04. The predicted octanol–water partition coefficient (Wildman–Crippen LogP) is 2.45. The van der Waals surface area contributed by atoms with Gasteiger partial charge in [-0.25, -0.2) is 9.78 Å². The van der Waals surface area contributed by atoms with Gasteiger partial charge in [-0.15, -0.1) is 0 Å². The zero-order valence-corrected chi connectivity index (χ0v) is 7.25. The molecule has 0 aromatic carbocycles. The Morgan fingerprint density at radius 1 is 1.45 bits per heavy atom. The second-order valence-electron chi connectivity index (χ2n) is 3.14. The summed E-state index contributed by atoms with van der Waals surface area (Å²) in [7, 11) is 0. The van der Waals surface area contributed by atoms with Gasteiger partial charge < -0.3 is 0 Å². The van der Waals surface area contributed by atoms with Crippen LogP contribution < -0.4 is 0 Å². The van der Waals surface area contributed by atoms with Crippen LogP contribution >= 0.6 is 0 Å². The molecular formula is C9H16O2. The third-order valence-corrected chi connectivity index (χ3v) is 1.58. The van der Waals surface area contributed by atoms with Crippen LogP contribution in [0.5, 0.6) is 0 Å². The van der Waals surface area contributed by atoms with Crippen LogP contribution in [-0.4, -0.2) is 12.2 Å². The molecular weight excluding hydrogens is 140 g/mol. The molecule has 1 atom stereocenters. The zero-order chi connectivity index (χ0) is 8.10. The summed E-state index contributed by atoms with van der Waals surface area (Å²) in [4.78, 5) is 10.2. The quantitative estimate of drug-likeness (QED) is 0.355. The molecule has 1 unspecified atom stereocenters. The van der Waals surface area contributed by atoms with Gasteiger partial charge in [0.2, 0.25) is 0 Å². The van der Waals surface area contributed by atoms with Crippen molar-refractivity contribution in [2.24, 2.45) is 0 Å². The van der Waals surface area contributed by atoms with Crippen molar-refractivity contribution in [2.75, 3.05) is 0 Å². The first-order valence-electron chi connectivity index (χ1n) is 4.28. The highest BCUT2D eigenvalue weighted by atomic mass is 17.2. The maximum absolute atomic E-state index is 5.16. The Bertz CT molecular complexity index is 130. The zero-order valence-electron chi connectivity index (χ0n) is 7.25. The maximum Gasteiger partial charge on any atom is 0.111 e. The van der Waals surface area contributed by atoms with Gasteiger partial charge in [0.15, 0.2) is 0 Å². The van der Waals surface area contributed by atoms with E-state index in [-0.39, 0.29) is 12.2 Å². The van der Waals surface area contributed by atoms with Gasteiger partial charge in [-0.2, -0.15) is 0 Å². The minimum absolute atomic E-state index is 0.158. The second-order valence-corrected chi connectivity index (χ2v) is 3.14. The molecule has 0 fully saturated rings. The smallest absolute Gasteiger partial charge is 0.111 e. The summed E-state index contributed by atoms with van der Waals surface area (Å²) in [5.74, 6) is 0. The number of hydrogen-bond acceptors (Lipinski definition) is 2. The van der Waals surface area contributed by atoms with Crippen molar-refractivity contribution in [3.63, 3.8) is 0 Å². The summed E-state index contributed by atoms with van der Waals surface area (Å²) in [6, 6.07) is 0. The average Bonchev–Trinajstić information content (AvgIpc) is 2.03. The van der Waals surface area contributed by atoms with Gasteiger partial charge in [0.25, 0.3) is 0 Å². The van der Waals surface area contributed by atoms with E-state index in [2.05, 4.69) is 12.2 Å². The SMILES string of the molecule is CC(C)OOC1C=CCCC1. The van der Waals surface area contributed by atoms with E-state index in [0.29, 0.717) is 0 Å². The van der Waals surface area contributed by atoms with E-state index >= 15 is 0 Å². The monoisotopic (exact) mass is 156 g/mol. The molecule has 0 amide bonds. The maximum atomic E-state index is 5.16. The number of allylic oxidation sites excluding steroid dienone is 1. The number of rotatable bonds is 3. The van der Waals surface area contributed by atoms with E-state index in [1.165, 1.54) is 12.8 Å². The molecule has 0 spiro atoms. The molecule has 0 saturated carbocycles. The van der Waals surface area contributed by atoms with E-state index in [9.17, 15) is 0 Å². The van der Waals surface area contributed by atoms with Crippen LogP contribution in [-0.2, 0) is 9.78 Å². The van der Waals surface area contributed by atoms with E-state index < -0.39 is 0 Å². The van der Waals surface area contributed by atoms with Crippen LogP contribution in [0.15, 0.2) is 12.2 Å². The minimum Gasteiger partial charge on any atom is -0.233 e. The molecule has 2 heteroatoms. The summed E-state index contributed by atoms with van der Waals surface area (Å²) in [5.41, 5.74) is 0. The first-order valence-corrected chi connectivity index (χ1v) is 4.28. The van der Waals surface area contributed by atoms with E-state index in [1.54, 1.807) is 0 Å². The fourth-order valence-electron chi connectivity index (χ4n) is 1.04. The number of hydrogen-bond donors (Lipinski definition) is 0. The summed E-state index contributed by atoms with van der Waals surface area (Å²) in [5, 5.41) is 0. The normalized spacial score (nSPS) is 24.5. The van der Waals surface area contributed by atoms with Crippen molar-refractivity contribution in [3.8, 4) is 0 Å². The van der Waals surface area contributed by atoms with Gasteiger partial charge >= 0.3 is 0 Å². The van der Waals surface area contributed by atoms with Crippen molar-refractivity contribution in [1.29, 1.82) is 0 Å². The fraction of sp³-hybridized carbons (Fsp3) is 0.778. The van der Waals surface area contributed by atoms with E-state index in [1.807, 2.05) is 13.8 Å². The summed E-state index contributed by atoms with van der Waals surface area (Å²) >= 11 is 0. The Hall–Kier alpha value is -0.340. The van der Waals surface area contributed by atoms with Crippen LogP contribution in [0.4, 0.5) is 0 Å². The van der Waals surface area contributed by atoms with Gasteiger partial charge in [0, 0.05) is 0 Å². The van der Waals surface area contributed by atoms with E-state index in [0.717, 1.165) is 6.42 Å². The molecule has 1 aliphatic rings. The molecule has 11 heavy (non-hydrogen) atoms. The molecule has 0 N–H and O–H groups in total. The minimum atomic E-state index is 0.158. The second kappa shape index (κ2) is 4.52. The lowest BCUT2D eigenvalue weighted by Crippen LogP contribution is -2.15. The molecule has 0 heterocycles. The Balaban J connectivity index is 2.15. The molecule has 0 aromatic rings. The highest BCUT2D eigenvalue weighted by Crippen LogP contribution is 2.13. The lowest BCUT2D eigenvalue weighted by atomic mass is 10.1. The largest absolute Gasteiger partial charge is 0.233 e. The highest BCUT2D eigenvalue weighted by molar-refractivity contribution is 4.93. The first kappa shape index (κ1) is 8.75. The first-order chi connectivity index (χ1) is 5.29. The molecule has 2 nitrogen and oxygen atoms in total. The van der Waals surface area contributed by atoms with Crippen molar-refractivity contribution < 1.29 is 9.78 Å². The predicted molar refractivity (Wildman–Crippen MR) is 44.1 cm³/mol. The third-order valence-electron chi connectivity index (χ3n) is 1.58. The molecule has 0 saturated heterocycles. The Morgan fingerprint density at radius 3 is 2.82 bits per heavy atom. The summed E-state index contributed by atoms with van der Waals surface area (Å²) in [6.45, 7) is 3.93. The van der Waals surface area contributed by atoms with Crippen molar-refractivity contribution in [1.82, 2.24) is 0 Å². The Kier molecular flexibility index (Phi) is 3.60. The molecule has 0 aromatic heterocycles. The molecule has 0 radical (unpaired) electrons. The highest BCUT2D eigenvalue weighted by Gasteiger charge is 2.09. The Labute approximate surface area is 68.1 Å². The molecule has 0 aliphatic heterocycles. The van der Waals surface area contributed by atoms with E-state index in [4.69, 9.17) is 9.78 Å². The standard InChI is InChI=1S/C9H16O2/c1-8(2)10-11-9-6-4-3-5-7-9/h4,6,8-9H,3,5,7H2,1-2H3. The van der Waals surface area contributed by atoms with Gasteiger partial charge in [-0.05, 0) is 33.1 Å². The van der Waals surface area contributed by atoms with Gasteiger partial charge in [0.05, 0.1) is 6.10 Å². The van der Waals surface area contributed by atoms with Gasteiger partial charge in [-0.1, -0.05) is 12.2 Å². The topological polar surface area (TPSA) is 18.5 Å². The molecule has 0 bridgehead atoms. The lowest BCUT2D eigenvalue weighted by Gasteiger charge is -2.16. The van der Waals surface area contributed by atoms with Crippen molar-refractivity contribution >= 4 is 0 Å². The lowest BCUT2D eigenvalue weighted by molar-refractivity contribution is -0.336. The third kappa shape index (κ3) is 3.54. The van der Waals surface area contributed by atoms with Gasteiger partial charge in [-0.3, -0.25) is 0 Å². The van der Waals surface area contributed by atoms with Crippen LogP contribution in [0.1, 0.15) is 33.1 Å². The van der Waals surface area contributed by atoms with Crippen LogP contribution in [0.25, 0.3) is 0 Å². The molecule has 1 aliphatic carbocycles. The van der Waals surface area contributed by atoms with Crippen LogP contribution in [0.3, 0.4) is 0 Å². The Morgan fingerprint density at radius 2 is 2.27 bits per heavy atom. The van der Waals surface area contributed by atoms with Crippen LogP contribution in [0.2, 0.25) is 0 Å². The van der Waals surface area contributed by atoms with Gasteiger partial charge in [0.1, 0.15) is 6.10 Å². The molecule has 64 valence electrons. The average molecular weight is 156 g/mol.